The van der Waals surface area contributed by atoms with E-state index < -0.39 is 5.60 Å². The van der Waals surface area contributed by atoms with Crippen molar-refractivity contribution in [2.45, 2.75) is 40.2 Å². The Morgan fingerprint density at radius 1 is 1.23 bits per heavy atom. The highest BCUT2D eigenvalue weighted by Gasteiger charge is 2.34. The molecular formula is C18H24ClNO2. The number of ether oxygens (including phenoxy) is 1. The molecule has 22 heavy (non-hydrogen) atoms. The van der Waals surface area contributed by atoms with Crippen LogP contribution in [0.4, 0.5) is 4.79 Å². The summed E-state index contributed by atoms with van der Waals surface area (Å²) < 4.78 is 5.47. The maximum atomic E-state index is 12.2. The number of amides is 1. The molecule has 0 aliphatic carbocycles. The Bertz CT molecular complexity index is 582. The van der Waals surface area contributed by atoms with E-state index >= 15 is 0 Å². The van der Waals surface area contributed by atoms with Crippen molar-refractivity contribution < 1.29 is 9.53 Å². The summed E-state index contributed by atoms with van der Waals surface area (Å²) in [4.78, 5) is 14.0. The molecule has 1 aromatic rings. The second kappa shape index (κ2) is 5.96. The number of hydrogen-bond acceptors (Lipinski definition) is 2. The van der Waals surface area contributed by atoms with E-state index in [1.165, 1.54) is 5.57 Å². The van der Waals surface area contributed by atoms with E-state index in [0.29, 0.717) is 13.1 Å². The summed E-state index contributed by atoms with van der Waals surface area (Å²) in [7, 11) is 0. The van der Waals surface area contributed by atoms with E-state index in [0.717, 1.165) is 10.6 Å². The zero-order chi connectivity index (χ0) is 16.5. The van der Waals surface area contributed by atoms with Crippen molar-refractivity contribution >= 4 is 23.3 Å². The number of benzene rings is 1. The SMILES string of the molecule is CC(C)(C)OC(=O)N1CC=C(c2ccc(Cl)cc2)C(C)(C)C1. The standard InChI is InChI=1S/C18H24ClNO2/c1-17(2,3)22-16(21)20-11-10-15(18(4,5)12-20)13-6-8-14(19)9-7-13/h6-10H,11-12H2,1-5H3. The molecule has 1 aliphatic heterocycles. The number of carbonyl (C=O) groups excluding carboxylic acids is 1. The van der Waals surface area contributed by atoms with Crippen LogP contribution in [0.5, 0.6) is 0 Å². The number of rotatable bonds is 1. The van der Waals surface area contributed by atoms with E-state index in [2.05, 4.69) is 19.9 Å². The zero-order valence-corrected chi connectivity index (χ0v) is 14.7. The van der Waals surface area contributed by atoms with E-state index in [-0.39, 0.29) is 11.5 Å². The van der Waals surface area contributed by atoms with Crippen LogP contribution in [0.25, 0.3) is 5.57 Å². The Labute approximate surface area is 137 Å². The Kier molecular flexibility index (Phi) is 4.57. The molecule has 0 unspecified atom stereocenters. The average Bonchev–Trinajstić information content (AvgIpc) is 2.37. The van der Waals surface area contributed by atoms with Crippen molar-refractivity contribution in [1.29, 1.82) is 0 Å². The lowest BCUT2D eigenvalue weighted by Gasteiger charge is -2.39. The third-order valence-corrected chi connectivity index (χ3v) is 3.89. The van der Waals surface area contributed by atoms with Crippen LogP contribution in [0.1, 0.15) is 40.2 Å². The first kappa shape index (κ1) is 16.9. The number of carbonyl (C=O) groups is 1. The fourth-order valence-corrected chi connectivity index (χ4v) is 2.83. The Hall–Kier alpha value is -1.48. The van der Waals surface area contributed by atoms with Crippen LogP contribution in [-0.2, 0) is 4.74 Å². The van der Waals surface area contributed by atoms with Crippen molar-refractivity contribution in [2.75, 3.05) is 13.1 Å². The van der Waals surface area contributed by atoms with Gasteiger partial charge in [0.15, 0.2) is 0 Å². The van der Waals surface area contributed by atoms with Gasteiger partial charge in [0.2, 0.25) is 0 Å². The largest absolute Gasteiger partial charge is 0.444 e. The van der Waals surface area contributed by atoms with Crippen molar-refractivity contribution in [3.8, 4) is 0 Å². The number of halogens is 1. The minimum atomic E-state index is -0.471. The first-order valence-corrected chi connectivity index (χ1v) is 7.91. The van der Waals surface area contributed by atoms with Gasteiger partial charge in [-0.05, 0) is 44.0 Å². The average molecular weight is 322 g/mol. The predicted molar refractivity (Wildman–Crippen MR) is 91.0 cm³/mol. The fraction of sp³-hybridized carbons (Fsp3) is 0.500. The summed E-state index contributed by atoms with van der Waals surface area (Å²) >= 11 is 5.96. The van der Waals surface area contributed by atoms with Gasteiger partial charge in [-0.2, -0.15) is 0 Å². The van der Waals surface area contributed by atoms with Gasteiger partial charge in [-0.15, -0.1) is 0 Å². The van der Waals surface area contributed by atoms with Crippen LogP contribution < -0.4 is 0 Å². The molecule has 1 aliphatic rings. The smallest absolute Gasteiger partial charge is 0.410 e. The maximum Gasteiger partial charge on any atom is 0.410 e. The lowest BCUT2D eigenvalue weighted by atomic mass is 9.77. The van der Waals surface area contributed by atoms with Gasteiger partial charge >= 0.3 is 6.09 Å². The minimum absolute atomic E-state index is 0.136. The molecule has 0 spiro atoms. The van der Waals surface area contributed by atoms with E-state index in [1.807, 2.05) is 45.0 Å². The molecule has 1 aromatic carbocycles. The molecule has 2 rings (SSSR count). The quantitative estimate of drug-likeness (QED) is 0.728. The third-order valence-electron chi connectivity index (χ3n) is 3.64. The highest BCUT2D eigenvalue weighted by Crippen LogP contribution is 2.38. The van der Waals surface area contributed by atoms with Gasteiger partial charge in [0.05, 0.1) is 0 Å². The van der Waals surface area contributed by atoms with Crippen molar-refractivity contribution in [3.63, 3.8) is 0 Å². The summed E-state index contributed by atoms with van der Waals surface area (Å²) in [6.07, 6.45) is 1.85. The lowest BCUT2D eigenvalue weighted by molar-refractivity contribution is 0.0219. The van der Waals surface area contributed by atoms with Crippen LogP contribution in [0.15, 0.2) is 30.3 Å². The topological polar surface area (TPSA) is 29.5 Å². The highest BCUT2D eigenvalue weighted by atomic mass is 35.5. The molecule has 0 N–H and O–H groups in total. The molecule has 0 bridgehead atoms. The van der Waals surface area contributed by atoms with Crippen molar-refractivity contribution in [2.24, 2.45) is 5.41 Å². The molecule has 120 valence electrons. The molecule has 0 aromatic heterocycles. The van der Waals surface area contributed by atoms with Gasteiger partial charge in [0.1, 0.15) is 5.60 Å². The number of nitrogens with zero attached hydrogens (tertiary/aromatic N) is 1. The summed E-state index contributed by atoms with van der Waals surface area (Å²) in [5.74, 6) is 0. The van der Waals surface area contributed by atoms with E-state index in [9.17, 15) is 4.79 Å². The van der Waals surface area contributed by atoms with Gasteiger partial charge in [0, 0.05) is 23.5 Å². The molecule has 0 fully saturated rings. The van der Waals surface area contributed by atoms with Gasteiger partial charge < -0.3 is 9.64 Å². The van der Waals surface area contributed by atoms with Crippen LogP contribution in [0.2, 0.25) is 5.02 Å². The van der Waals surface area contributed by atoms with Crippen LogP contribution in [-0.4, -0.2) is 29.7 Å². The molecule has 0 saturated carbocycles. The minimum Gasteiger partial charge on any atom is -0.444 e. The van der Waals surface area contributed by atoms with E-state index in [1.54, 1.807) is 4.90 Å². The number of hydrogen-bond donors (Lipinski definition) is 0. The first-order chi connectivity index (χ1) is 10.1. The fourth-order valence-electron chi connectivity index (χ4n) is 2.71. The van der Waals surface area contributed by atoms with E-state index in [4.69, 9.17) is 16.3 Å². The van der Waals surface area contributed by atoms with Gasteiger partial charge in [0.25, 0.3) is 0 Å². The third kappa shape index (κ3) is 4.04. The lowest BCUT2D eigenvalue weighted by Crippen LogP contribution is -2.45. The molecule has 1 amide bonds. The normalized spacial score (nSPS) is 17.9. The summed E-state index contributed by atoms with van der Waals surface area (Å²) in [5.41, 5.74) is 1.78. The second-order valence-electron chi connectivity index (χ2n) is 7.37. The molecule has 3 nitrogen and oxygen atoms in total. The van der Waals surface area contributed by atoms with Crippen LogP contribution >= 0.6 is 11.6 Å². The van der Waals surface area contributed by atoms with Crippen LogP contribution in [0.3, 0.4) is 0 Å². The molecule has 4 heteroatoms. The summed E-state index contributed by atoms with van der Waals surface area (Å²) in [5, 5.41) is 0.730. The maximum absolute atomic E-state index is 12.2. The van der Waals surface area contributed by atoms with Gasteiger partial charge in [-0.25, -0.2) is 4.79 Å². The van der Waals surface area contributed by atoms with Crippen LogP contribution in [0, 0.1) is 5.41 Å². The molecule has 0 saturated heterocycles. The van der Waals surface area contributed by atoms with Crippen molar-refractivity contribution in [1.82, 2.24) is 4.90 Å². The highest BCUT2D eigenvalue weighted by molar-refractivity contribution is 6.30. The molecule has 0 atom stereocenters. The molecule has 0 radical (unpaired) electrons. The zero-order valence-electron chi connectivity index (χ0n) is 13.9. The second-order valence-corrected chi connectivity index (χ2v) is 7.81. The molecular weight excluding hydrogens is 298 g/mol. The Morgan fingerprint density at radius 3 is 2.32 bits per heavy atom. The van der Waals surface area contributed by atoms with Gasteiger partial charge in [-0.3, -0.25) is 0 Å². The van der Waals surface area contributed by atoms with Crippen molar-refractivity contribution in [3.05, 3.63) is 40.9 Å². The summed E-state index contributed by atoms with van der Waals surface area (Å²) in [6.45, 7) is 11.1. The van der Waals surface area contributed by atoms with Gasteiger partial charge in [-0.1, -0.05) is 43.7 Å². The Morgan fingerprint density at radius 2 is 1.82 bits per heavy atom. The predicted octanol–water partition coefficient (Wildman–Crippen LogP) is 5.00. The summed E-state index contributed by atoms with van der Waals surface area (Å²) in [6, 6.07) is 7.85. The molecule has 1 heterocycles. The monoisotopic (exact) mass is 321 g/mol. The first-order valence-electron chi connectivity index (χ1n) is 7.53. The Balaban J connectivity index is 2.19.